The number of carbonyl (C=O) groups is 2. The van der Waals surface area contributed by atoms with Crippen LogP contribution in [0.4, 0.5) is 0 Å². The average molecular weight is 334 g/mol. The molecule has 1 N–H and O–H groups in total. The molecule has 0 aliphatic carbocycles. The molecular weight excluding hydrogens is 308 g/mol. The van der Waals surface area contributed by atoms with E-state index in [0.29, 0.717) is 25.1 Å². The van der Waals surface area contributed by atoms with Crippen molar-refractivity contribution >= 4 is 11.9 Å². The number of carboxylic acid groups (broad SMARTS) is 1. The monoisotopic (exact) mass is 334 g/mol. The second kappa shape index (κ2) is 6.55. The zero-order chi connectivity index (χ0) is 17.3. The van der Waals surface area contributed by atoms with Crippen molar-refractivity contribution in [1.29, 1.82) is 0 Å². The molecule has 132 valence electrons. The maximum Gasteiger partial charge on any atom is 0.320 e. The third-order valence-electron chi connectivity index (χ3n) is 5.46. The van der Waals surface area contributed by atoms with Crippen LogP contribution in [-0.4, -0.2) is 68.8 Å². The number of aromatic nitrogens is 2. The first-order valence-electron chi connectivity index (χ1n) is 8.69. The number of hydrogen-bond acceptors (Lipinski definition) is 4. The number of nitrogens with zero attached hydrogens (tertiary/aromatic N) is 4. The first-order valence-corrected chi connectivity index (χ1v) is 8.69. The summed E-state index contributed by atoms with van der Waals surface area (Å²) < 4.78 is 1.63. The topological polar surface area (TPSA) is 78.7 Å². The molecule has 1 aromatic heterocycles. The Kier molecular flexibility index (Phi) is 4.62. The van der Waals surface area contributed by atoms with Crippen LogP contribution in [-0.2, 0) is 11.8 Å². The Bertz CT molecular complexity index is 619. The summed E-state index contributed by atoms with van der Waals surface area (Å²) in [6, 6.07) is -0.370. The van der Waals surface area contributed by atoms with Gasteiger partial charge in [-0.2, -0.15) is 5.10 Å². The highest BCUT2D eigenvalue weighted by Crippen LogP contribution is 2.43. The Labute approximate surface area is 142 Å². The number of carboxylic acids is 1. The Hall–Kier alpha value is -1.89. The highest BCUT2D eigenvalue weighted by atomic mass is 16.4. The van der Waals surface area contributed by atoms with E-state index >= 15 is 0 Å². The zero-order valence-electron chi connectivity index (χ0n) is 14.4. The van der Waals surface area contributed by atoms with Gasteiger partial charge in [-0.3, -0.25) is 19.2 Å². The van der Waals surface area contributed by atoms with Crippen LogP contribution >= 0.6 is 0 Å². The molecule has 3 rings (SSSR count). The molecule has 0 bridgehead atoms. The molecule has 0 unspecified atom stereocenters. The summed E-state index contributed by atoms with van der Waals surface area (Å²) in [6.45, 7) is 5.14. The summed E-state index contributed by atoms with van der Waals surface area (Å²) in [5, 5.41) is 13.6. The van der Waals surface area contributed by atoms with Crippen LogP contribution in [0.1, 0.15) is 43.0 Å². The quantitative estimate of drug-likeness (QED) is 0.895. The lowest BCUT2D eigenvalue weighted by Crippen LogP contribution is -2.44. The minimum Gasteiger partial charge on any atom is -0.480 e. The minimum absolute atomic E-state index is 0.0242. The van der Waals surface area contributed by atoms with Crippen molar-refractivity contribution in [3.8, 4) is 0 Å². The maximum absolute atomic E-state index is 12.5. The molecule has 2 aliphatic rings. The average Bonchev–Trinajstić information content (AvgIpc) is 3.13. The first kappa shape index (κ1) is 17.0. The molecule has 2 aliphatic heterocycles. The highest BCUT2D eigenvalue weighted by molar-refractivity contribution is 5.93. The van der Waals surface area contributed by atoms with Gasteiger partial charge in [0.05, 0.1) is 11.8 Å². The Morgan fingerprint density at radius 2 is 2.08 bits per heavy atom. The molecular formula is C17H26N4O3. The third kappa shape index (κ3) is 3.17. The minimum atomic E-state index is -0.714. The van der Waals surface area contributed by atoms with Gasteiger partial charge < -0.3 is 10.0 Å². The van der Waals surface area contributed by atoms with Crippen molar-refractivity contribution in [2.24, 2.45) is 12.5 Å². The molecule has 1 atom stereocenters. The summed E-state index contributed by atoms with van der Waals surface area (Å²) >= 11 is 0. The number of likely N-dealkylation sites (tertiary alicyclic amines) is 2. The van der Waals surface area contributed by atoms with Crippen molar-refractivity contribution in [3.05, 3.63) is 18.0 Å². The summed E-state index contributed by atoms with van der Waals surface area (Å²) in [6.07, 6.45) is 6.77. The van der Waals surface area contributed by atoms with E-state index < -0.39 is 5.97 Å². The Balaban J connectivity index is 1.64. The van der Waals surface area contributed by atoms with Crippen LogP contribution in [0, 0.1) is 5.41 Å². The molecule has 0 radical (unpaired) electrons. The van der Waals surface area contributed by atoms with Gasteiger partial charge in [-0.15, -0.1) is 0 Å². The molecule has 1 amide bonds. The first-order chi connectivity index (χ1) is 11.4. The fourth-order valence-electron chi connectivity index (χ4n) is 4.17. The molecule has 3 heterocycles. The summed E-state index contributed by atoms with van der Waals surface area (Å²) in [4.78, 5) is 28.1. The number of hydrogen-bond donors (Lipinski definition) is 1. The molecule has 24 heavy (non-hydrogen) atoms. The Morgan fingerprint density at radius 3 is 2.62 bits per heavy atom. The van der Waals surface area contributed by atoms with Gasteiger partial charge in [-0.05, 0) is 37.6 Å². The second-order valence-electron chi connectivity index (χ2n) is 7.22. The molecule has 7 heteroatoms. The van der Waals surface area contributed by atoms with Crippen molar-refractivity contribution in [1.82, 2.24) is 19.6 Å². The number of aliphatic carboxylic acids is 1. The molecule has 0 saturated carbocycles. The van der Waals surface area contributed by atoms with Crippen LogP contribution in [0.15, 0.2) is 12.4 Å². The van der Waals surface area contributed by atoms with E-state index in [9.17, 15) is 14.7 Å². The van der Waals surface area contributed by atoms with Crippen molar-refractivity contribution in [2.45, 2.75) is 38.6 Å². The van der Waals surface area contributed by atoms with E-state index in [1.165, 1.54) is 0 Å². The molecule has 0 aromatic carbocycles. The van der Waals surface area contributed by atoms with Gasteiger partial charge in [0.15, 0.2) is 0 Å². The molecule has 2 fully saturated rings. The number of piperidine rings is 1. The standard InChI is InChI=1S/C17H26N4O3/c1-3-6-21-12-17(9-14(21)16(23)24)4-7-20(8-5-17)15(22)13-10-18-19(2)11-13/h10-11,14H,3-9,12H2,1-2H3,(H,23,24)/t14-/m1/s1. The van der Waals surface area contributed by atoms with Gasteiger partial charge >= 0.3 is 5.97 Å². The van der Waals surface area contributed by atoms with Gasteiger partial charge in [-0.1, -0.05) is 6.92 Å². The van der Waals surface area contributed by atoms with Gasteiger partial charge in [0, 0.05) is 32.9 Å². The molecule has 1 aromatic rings. The van der Waals surface area contributed by atoms with Crippen LogP contribution in [0.3, 0.4) is 0 Å². The van der Waals surface area contributed by atoms with E-state index in [1.807, 2.05) is 4.90 Å². The lowest BCUT2D eigenvalue weighted by molar-refractivity contribution is -0.142. The number of aryl methyl sites for hydroxylation is 1. The molecule has 2 saturated heterocycles. The summed E-state index contributed by atoms with van der Waals surface area (Å²) in [5.41, 5.74) is 0.667. The highest BCUT2D eigenvalue weighted by Gasteiger charge is 2.48. The van der Waals surface area contributed by atoms with Crippen LogP contribution < -0.4 is 0 Å². The van der Waals surface area contributed by atoms with Gasteiger partial charge in [0.25, 0.3) is 5.91 Å². The van der Waals surface area contributed by atoms with Crippen molar-refractivity contribution in [2.75, 3.05) is 26.2 Å². The molecule has 1 spiro atoms. The van der Waals surface area contributed by atoms with Crippen LogP contribution in [0.2, 0.25) is 0 Å². The van der Waals surface area contributed by atoms with Gasteiger partial charge in [0.1, 0.15) is 6.04 Å². The fraction of sp³-hybridized carbons (Fsp3) is 0.706. The smallest absolute Gasteiger partial charge is 0.320 e. The van der Waals surface area contributed by atoms with Gasteiger partial charge in [-0.25, -0.2) is 0 Å². The molecule has 7 nitrogen and oxygen atoms in total. The van der Waals surface area contributed by atoms with E-state index in [-0.39, 0.29) is 17.4 Å². The largest absolute Gasteiger partial charge is 0.480 e. The van der Waals surface area contributed by atoms with Crippen LogP contribution in [0.5, 0.6) is 0 Å². The van der Waals surface area contributed by atoms with Crippen LogP contribution in [0.25, 0.3) is 0 Å². The third-order valence-corrected chi connectivity index (χ3v) is 5.46. The zero-order valence-corrected chi connectivity index (χ0v) is 14.4. The van der Waals surface area contributed by atoms with Crippen molar-refractivity contribution < 1.29 is 14.7 Å². The number of amides is 1. The lowest BCUT2D eigenvalue weighted by atomic mass is 9.76. The number of rotatable bonds is 4. The van der Waals surface area contributed by atoms with E-state index in [1.54, 1.807) is 24.1 Å². The number of carbonyl (C=O) groups excluding carboxylic acids is 1. The SMILES string of the molecule is CCCN1CC2(CCN(C(=O)c3cnn(C)c3)CC2)C[C@@H]1C(=O)O. The maximum atomic E-state index is 12.5. The summed E-state index contributed by atoms with van der Waals surface area (Å²) in [7, 11) is 1.80. The predicted molar refractivity (Wildman–Crippen MR) is 88.7 cm³/mol. The fourth-order valence-corrected chi connectivity index (χ4v) is 4.17. The summed E-state index contributed by atoms with van der Waals surface area (Å²) in [5.74, 6) is -0.690. The van der Waals surface area contributed by atoms with E-state index in [2.05, 4.69) is 16.9 Å². The van der Waals surface area contributed by atoms with Gasteiger partial charge in [0.2, 0.25) is 0 Å². The normalized spacial score (nSPS) is 23.8. The second-order valence-corrected chi connectivity index (χ2v) is 7.22. The van der Waals surface area contributed by atoms with Crippen molar-refractivity contribution in [3.63, 3.8) is 0 Å². The Morgan fingerprint density at radius 1 is 1.38 bits per heavy atom. The van der Waals surface area contributed by atoms with E-state index in [4.69, 9.17) is 0 Å². The lowest BCUT2D eigenvalue weighted by Gasteiger charge is -2.39. The van der Waals surface area contributed by atoms with E-state index in [0.717, 1.165) is 32.4 Å². The predicted octanol–water partition coefficient (Wildman–Crippen LogP) is 1.21.